The molecule has 1 aliphatic carbocycles. The van der Waals surface area contributed by atoms with E-state index in [0.29, 0.717) is 13.2 Å². The zero-order chi connectivity index (χ0) is 16.3. The van der Waals surface area contributed by atoms with Crippen LogP contribution in [0.25, 0.3) is 0 Å². The van der Waals surface area contributed by atoms with Crippen LogP contribution in [-0.2, 0) is 10.2 Å². The summed E-state index contributed by atoms with van der Waals surface area (Å²) in [5.74, 6) is 0.804. The Bertz CT molecular complexity index is 679. The first kappa shape index (κ1) is 16.0. The second kappa shape index (κ2) is 6.72. The fourth-order valence-corrected chi connectivity index (χ4v) is 2.87. The minimum atomic E-state index is -0.380. The molecule has 0 unspecified atom stereocenters. The van der Waals surface area contributed by atoms with Crippen molar-refractivity contribution in [3.8, 4) is 5.75 Å². The number of halogens is 1. The van der Waals surface area contributed by atoms with E-state index in [1.165, 1.54) is 0 Å². The van der Waals surface area contributed by atoms with Gasteiger partial charge in [0, 0.05) is 16.7 Å². The zero-order valence-electron chi connectivity index (χ0n) is 12.7. The summed E-state index contributed by atoms with van der Waals surface area (Å²) >= 11 is 3.43. The number of benzene rings is 2. The highest BCUT2D eigenvalue weighted by molar-refractivity contribution is 9.10. The molecular formula is C18H19BrN2O2. The van der Waals surface area contributed by atoms with Gasteiger partial charge in [0.25, 0.3) is 0 Å². The summed E-state index contributed by atoms with van der Waals surface area (Å²) in [4.78, 5) is 12.7. The lowest BCUT2D eigenvalue weighted by molar-refractivity contribution is -0.118. The summed E-state index contributed by atoms with van der Waals surface area (Å²) < 4.78 is 6.45. The van der Waals surface area contributed by atoms with E-state index in [-0.39, 0.29) is 11.3 Å². The number of rotatable bonds is 6. The van der Waals surface area contributed by atoms with Gasteiger partial charge in [-0.05, 0) is 54.8 Å². The van der Waals surface area contributed by atoms with E-state index in [4.69, 9.17) is 10.5 Å². The number of amides is 1. The number of carbonyl (C=O) groups excluding carboxylic acids is 1. The first-order valence-electron chi connectivity index (χ1n) is 7.64. The van der Waals surface area contributed by atoms with Gasteiger partial charge in [-0.15, -0.1) is 0 Å². The Kier molecular flexibility index (Phi) is 4.68. The van der Waals surface area contributed by atoms with Crippen molar-refractivity contribution in [3.05, 3.63) is 58.6 Å². The van der Waals surface area contributed by atoms with E-state index >= 15 is 0 Å². The molecule has 1 amide bonds. The fraction of sp³-hybridized carbons (Fsp3) is 0.278. The van der Waals surface area contributed by atoms with E-state index < -0.39 is 0 Å². The first-order valence-corrected chi connectivity index (χ1v) is 8.44. The summed E-state index contributed by atoms with van der Waals surface area (Å²) in [6.45, 7) is 0.965. The summed E-state index contributed by atoms with van der Waals surface area (Å²) in [6.07, 6.45) is 1.77. The predicted octanol–water partition coefficient (Wildman–Crippen LogP) is 3.46. The molecule has 4 nitrogen and oxygen atoms in total. The third-order valence-electron chi connectivity index (χ3n) is 4.08. The highest BCUT2D eigenvalue weighted by atomic mass is 79.9. The number of anilines is 1. The van der Waals surface area contributed by atoms with Crippen molar-refractivity contribution in [3.63, 3.8) is 0 Å². The van der Waals surface area contributed by atoms with E-state index in [0.717, 1.165) is 34.3 Å². The molecule has 0 heterocycles. The molecule has 1 aliphatic rings. The van der Waals surface area contributed by atoms with Crippen molar-refractivity contribution < 1.29 is 9.53 Å². The Labute approximate surface area is 144 Å². The van der Waals surface area contributed by atoms with Crippen molar-refractivity contribution in [1.29, 1.82) is 0 Å². The number of hydrogen-bond acceptors (Lipinski definition) is 3. The molecule has 0 saturated heterocycles. The highest BCUT2D eigenvalue weighted by Crippen LogP contribution is 2.49. The lowest BCUT2D eigenvalue weighted by Crippen LogP contribution is -2.27. The minimum Gasteiger partial charge on any atom is -0.492 e. The summed E-state index contributed by atoms with van der Waals surface area (Å²) in [6, 6.07) is 15.4. The minimum absolute atomic E-state index is 0.0513. The van der Waals surface area contributed by atoms with Crippen molar-refractivity contribution in [1.82, 2.24) is 0 Å². The fourth-order valence-electron chi connectivity index (χ4n) is 2.60. The van der Waals surface area contributed by atoms with Crippen molar-refractivity contribution in [2.75, 3.05) is 18.5 Å². The molecule has 0 spiro atoms. The smallest absolute Gasteiger partial charge is 0.235 e. The summed E-state index contributed by atoms with van der Waals surface area (Å²) in [5, 5.41) is 3.01. The van der Waals surface area contributed by atoms with E-state index in [9.17, 15) is 4.79 Å². The van der Waals surface area contributed by atoms with E-state index in [1.807, 2.05) is 48.5 Å². The second-order valence-corrected chi connectivity index (χ2v) is 6.62. The number of hydrogen-bond donors (Lipinski definition) is 2. The quantitative estimate of drug-likeness (QED) is 0.813. The monoisotopic (exact) mass is 374 g/mol. The molecule has 5 heteroatoms. The van der Waals surface area contributed by atoms with Crippen molar-refractivity contribution >= 4 is 27.5 Å². The molecule has 23 heavy (non-hydrogen) atoms. The van der Waals surface area contributed by atoms with Gasteiger partial charge < -0.3 is 15.8 Å². The van der Waals surface area contributed by atoms with Crippen molar-refractivity contribution in [2.45, 2.75) is 18.3 Å². The Balaban J connectivity index is 1.68. The average molecular weight is 375 g/mol. The zero-order valence-corrected chi connectivity index (χ0v) is 14.3. The molecule has 0 aromatic heterocycles. The lowest BCUT2D eigenvalue weighted by atomic mass is 9.95. The van der Waals surface area contributed by atoms with Gasteiger partial charge in [-0.3, -0.25) is 4.79 Å². The van der Waals surface area contributed by atoms with Crippen LogP contribution >= 0.6 is 15.9 Å². The molecule has 1 fully saturated rings. The van der Waals surface area contributed by atoms with Gasteiger partial charge in [0.05, 0.1) is 5.41 Å². The Morgan fingerprint density at radius 2 is 1.78 bits per heavy atom. The van der Waals surface area contributed by atoms with E-state index in [2.05, 4.69) is 21.2 Å². The molecule has 2 aromatic carbocycles. The van der Waals surface area contributed by atoms with Crippen LogP contribution in [0.5, 0.6) is 5.75 Å². The molecule has 3 rings (SSSR count). The van der Waals surface area contributed by atoms with Crippen molar-refractivity contribution in [2.24, 2.45) is 5.73 Å². The Hall–Kier alpha value is -1.85. The maximum absolute atomic E-state index is 12.7. The Morgan fingerprint density at radius 3 is 2.35 bits per heavy atom. The number of nitrogens with one attached hydrogen (secondary N) is 1. The maximum atomic E-state index is 12.7. The Morgan fingerprint density at radius 1 is 1.13 bits per heavy atom. The first-order chi connectivity index (χ1) is 11.1. The molecule has 2 aromatic rings. The third kappa shape index (κ3) is 3.57. The van der Waals surface area contributed by atoms with Crippen LogP contribution in [0.4, 0.5) is 5.69 Å². The van der Waals surface area contributed by atoms with Gasteiger partial charge in [0.1, 0.15) is 12.4 Å². The van der Waals surface area contributed by atoms with Crippen LogP contribution in [0.15, 0.2) is 53.0 Å². The number of carbonyl (C=O) groups is 1. The standard InChI is InChI=1S/C18H19BrN2O2/c19-14-3-1-13(2-4-14)18(9-10-18)17(22)21-15-5-7-16(8-6-15)23-12-11-20/h1-8H,9-12,20H2,(H,21,22). The molecule has 0 aliphatic heterocycles. The number of ether oxygens (including phenoxy) is 1. The summed E-state index contributed by atoms with van der Waals surface area (Å²) in [5.41, 5.74) is 6.87. The van der Waals surface area contributed by atoms with Crippen LogP contribution in [0, 0.1) is 0 Å². The largest absolute Gasteiger partial charge is 0.492 e. The van der Waals surface area contributed by atoms with Gasteiger partial charge >= 0.3 is 0 Å². The lowest BCUT2D eigenvalue weighted by Gasteiger charge is -2.16. The maximum Gasteiger partial charge on any atom is 0.235 e. The highest BCUT2D eigenvalue weighted by Gasteiger charge is 2.51. The molecule has 1 saturated carbocycles. The molecule has 0 atom stereocenters. The van der Waals surface area contributed by atoms with Crippen LogP contribution in [0.3, 0.4) is 0 Å². The van der Waals surface area contributed by atoms with Crippen LogP contribution in [0.1, 0.15) is 18.4 Å². The third-order valence-corrected chi connectivity index (χ3v) is 4.61. The van der Waals surface area contributed by atoms with Crippen LogP contribution < -0.4 is 15.8 Å². The van der Waals surface area contributed by atoms with Gasteiger partial charge in [0.2, 0.25) is 5.91 Å². The second-order valence-electron chi connectivity index (χ2n) is 5.70. The molecule has 120 valence electrons. The molecule has 0 bridgehead atoms. The van der Waals surface area contributed by atoms with E-state index in [1.54, 1.807) is 0 Å². The topological polar surface area (TPSA) is 64.3 Å². The van der Waals surface area contributed by atoms with Crippen LogP contribution in [0.2, 0.25) is 0 Å². The normalized spacial score (nSPS) is 15.0. The molecule has 0 radical (unpaired) electrons. The van der Waals surface area contributed by atoms with Gasteiger partial charge in [-0.1, -0.05) is 28.1 Å². The SMILES string of the molecule is NCCOc1ccc(NC(=O)C2(c3ccc(Br)cc3)CC2)cc1. The molecule has 3 N–H and O–H groups in total. The van der Waals surface area contributed by atoms with Gasteiger partial charge in [0.15, 0.2) is 0 Å². The van der Waals surface area contributed by atoms with Gasteiger partial charge in [-0.25, -0.2) is 0 Å². The summed E-state index contributed by atoms with van der Waals surface area (Å²) in [7, 11) is 0. The predicted molar refractivity (Wildman–Crippen MR) is 94.7 cm³/mol. The number of nitrogens with two attached hydrogens (primary N) is 1. The van der Waals surface area contributed by atoms with Gasteiger partial charge in [-0.2, -0.15) is 0 Å². The molecular weight excluding hydrogens is 356 g/mol. The van der Waals surface area contributed by atoms with Crippen LogP contribution in [-0.4, -0.2) is 19.1 Å². The average Bonchev–Trinajstić information content (AvgIpc) is 3.37.